The zero-order valence-corrected chi connectivity index (χ0v) is 4.90. The Bertz CT molecular complexity index is 203. The summed E-state index contributed by atoms with van der Waals surface area (Å²) in [5.41, 5.74) is 0. The topological polar surface area (TPSA) is 63.6 Å². The average molecular weight is 136 g/mol. The van der Waals surface area contributed by atoms with Gasteiger partial charge in [-0.3, -0.25) is 4.55 Å². The molecule has 0 aromatic carbocycles. The number of hydrogen-bond donors (Lipinski definition) is 1. The highest BCUT2D eigenvalue weighted by Gasteiger charge is 1.98. The Morgan fingerprint density at radius 2 is 2.12 bits per heavy atom. The van der Waals surface area contributed by atoms with Gasteiger partial charge in [-0.15, -0.1) is 0 Å². The first kappa shape index (κ1) is 7.27. The molecule has 4 nitrogen and oxygen atoms in total. The van der Waals surface area contributed by atoms with Crippen LogP contribution < -0.4 is 0 Å². The molecular weight excluding hydrogens is 132 g/mol. The second-order valence-corrected chi connectivity index (χ2v) is 1.89. The molecule has 0 aromatic rings. The fourth-order valence-electron chi connectivity index (χ4n) is 0.0943. The first-order valence-electron chi connectivity index (χ1n) is 1.64. The normalized spacial score (nSPS) is 9.25. The van der Waals surface area contributed by atoms with E-state index in [1.165, 1.54) is 6.92 Å². The Morgan fingerprint density at radius 1 is 1.62 bits per heavy atom. The van der Waals surface area contributed by atoms with Crippen LogP contribution in [0.2, 0.25) is 0 Å². The van der Waals surface area contributed by atoms with Gasteiger partial charge in [-0.1, -0.05) is 5.92 Å². The van der Waals surface area contributed by atoms with Crippen molar-refractivity contribution < 1.29 is 17.2 Å². The van der Waals surface area contributed by atoms with Gasteiger partial charge in [-0.05, 0) is 0 Å². The summed E-state index contributed by atoms with van der Waals surface area (Å²) in [5.74, 6) is 2.11. The highest BCUT2D eigenvalue weighted by Crippen LogP contribution is 1.79. The van der Waals surface area contributed by atoms with Crippen LogP contribution in [0.25, 0.3) is 0 Å². The maximum absolute atomic E-state index is 9.62. The quantitative estimate of drug-likeness (QED) is 0.400. The maximum Gasteiger partial charge on any atom is 0.454 e. The lowest BCUT2D eigenvalue weighted by Gasteiger charge is -1.83. The van der Waals surface area contributed by atoms with Crippen LogP contribution in [0.5, 0.6) is 0 Å². The molecule has 0 spiro atoms. The molecule has 0 heterocycles. The summed E-state index contributed by atoms with van der Waals surface area (Å²) in [6.45, 7) is 1.38. The van der Waals surface area contributed by atoms with Crippen molar-refractivity contribution in [3.05, 3.63) is 0 Å². The minimum absolute atomic E-state index is 1.38. The third kappa shape index (κ3) is 5.27. The molecule has 0 aliphatic carbocycles. The first-order chi connectivity index (χ1) is 3.56. The molecule has 0 fully saturated rings. The molecule has 1 N–H and O–H groups in total. The molecule has 0 radical (unpaired) electrons. The molecule has 0 saturated heterocycles. The van der Waals surface area contributed by atoms with E-state index in [0.29, 0.717) is 0 Å². The van der Waals surface area contributed by atoms with Crippen LogP contribution in [0.1, 0.15) is 6.92 Å². The molecule has 46 valence electrons. The van der Waals surface area contributed by atoms with E-state index in [2.05, 4.69) is 10.1 Å². The largest absolute Gasteiger partial charge is 0.454 e. The van der Waals surface area contributed by atoms with E-state index in [1.54, 1.807) is 6.11 Å². The molecule has 0 amide bonds. The van der Waals surface area contributed by atoms with Crippen molar-refractivity contribution in [2.45, 2.75) is 6.92 Å². The molecule has 0 aromatic heterocycles. The second kappa shape index (κ2) is 2.55. The van der Waals surface area contributed by atoms with Gasteiger partial charge in [0.25, 0.3) is 0 Å². The average Bonchev–Trinajstić information content (AvgIpc) is 1.59. The van der Waals surface area contributed by atoms with Crippen LogP contribution in [-0.4, -0.2) is 13.0 Å². The van der Waals surface area contributed by atoms with Crippen molar-refractivity contribution in [2.75, 3.05) is 0 Å². The number of rotatable bonds is 1. The van der Waals surface area contributed by atoms with E-state index in [4.69, 9.17) is 4.55 Å². The van der Waals surface area contributed by atoms with E-state index in [0.717, 1.165) is 0 Å². The van der Waals surface area contributed by atoms with Crippen LogP contribution in [0.15, 0.2) is 0 Å². The fraction of sp³-hybridized carbons (Fsp3) is 0.333. The van der Waals surface area contributed by atoms with Gasteiger partial charge in [0.2, 0.25) is 0 Å². The molecule has 0 bridgehead atoms. The van der Waals surface area contributed by atoms with Crippen molar-refractivity contribution in [1.29, 1.82) is 0 Å². The van der Waals surface area contributed by atoms with Crippen LogP contribution in [0, 0.1) is 12.0 Å². The Morgan fingerprint density at radius 3 is 2.25 bits per heavy atom. The van der Waals surface area contributed by atoms with Crippen molar-refractivity contribution in [3.63, 3.8) is 0 Å². The zero-order valence-electron chi connectivity index (χ0n) is 4.08. The number of hydrogen-bond acceptors (Lipinski definition) is 3. The van der Waals surface area contributed by atoms with E-state index in [-0.39, 0.29) is 0 Å². The smallest absolute Gasteiger partial charge is 0.307 e. The summed E-state index contributed by atoms with van der Waals surface area (Å²) < 4.78 is 30.6. The highest BCUT2D eigenvalue weighted by atomic mass is 32.3. The van der Waals surface area contributed by atoms with Crippen LogP contribution in [-0.2, 0) is 14.6 Å². The Balaban J connectivity index is 3.89. The summed E-state index contributed by atoms with van der Waals surface area (Å²) in [6.07, 6.45) is 1.70. The van der Waals surface area contributed by atoms with Gasteiger partial charge in [0.05, 0.1) is 0 Å². The molecule has 0 saturated carbocycles. The van der Waals surface area contributed by atoms with Crippen molar-refractivity contribution in [2.24, 2.45) is 0 Å². The predicted octanol–water partition coefficient (Wildman–Crippen LogP) is -0.213. The minimum atomic E-state index is -4.36. The van der Waals surface area contributed by atoms with Gasteiger partial charge in [-0.25, -0.2) is 0 Å². The molecule has 5 heteroatoms. The van der Waals surface area contributed by atoms with Crippen LogP contribution in [0.4, 0.5) is 0 Å². The van der Waals surface area contributed by atoms with Gasteiger partial charge in [0, 0.05) is 6.92 Å². The van der Waals surface area contributed by atoms with Gasteiger partial charge in [-0.2, -0.15) is 8.42 Å². The summed E-state index contributed by atoms with van der Waals surface area (Å²) in [5, 5.41) is 0. The van der Waals surface area contributed by atoms with Crippen molar-refractivity contribution in [1.82, 2.24) is 0 Å². The first-order valence-corrected chi connectivity index (χ1v) is 3.00. The van der Waals surface area contributed by atoms with E-state index >= 15 is 0 Å². The molecule has 0 atom stereocenters. The van der Waals surface area contributed by atoms with Gasteiger partial charge >= 0.3 is 10.4 Å². The lowest BCUT2D eigenvalue weighted by Crippen LogP contribution is -1.96. The van der Waals surface area contributed by atoms with Crippen molar-refractivity contribution >= 4 is 10.4 Å². The van der Waals surface area contributed by atoms with Gasteiger partial charge in [0.1, 0.15) is 6.11 Å². The molecule has 0 unspecified atom stereocenters. The third-order valence-corrected chi connectivity index (χ3v) is 0.543. The van der Waals surface area contributed by atoms with Gasteiger partial charge < -0.3 is 4.18 Å². The summed E-state index contributed by atoms with van der Waals surface area (Å²) in [7, 11) is -4.36. The van der Waals surface area contributed by atoms with E-state index < -0.39 is 10.4 Å². The SMILES string of the molecule is CC#COS(=O)(=O)O. The lowest BCUT2D eigenvalue weighted by molar-refractivity contribution is 0.370. The van der Waals surface area contributed by atoms with Crippen molar-refractivity contribution in [3.8, 4) is 12.0 Å². The van der Waals surface area contributed by atoms with Gasteiger partial charge in [0.15, 0.2) is 0 Å². The lowest BCUT2D eigenvalue weighted by atomic mass is 10.8. The minimum Gasteiger partial charge on any atom is -0.307 e. The predicted molar refractivity (Wildman–Crippen MR) is 26.1 cm³/mol. The van der Waals surface area contributed by atoms with E-state index in [9.17, 15) is 8.42 Å². The third-order valence-electron chi connectivity index (χ3n) is 0.249. The van der Waals surface area contributed by atoms with E-state index in [1.807, 2.05) is 0 Å². The van der Waals surface area contributed by atoms with Crippen LogP contribution >= 0.6 is 0 Å². The standard InChI is InChI=1S/C3H4O4S/c1-2-3-7-8(4,5)6/h1H3,(H,4,5,6). The fourth-order valence-corrected chi connectivity index (χ4v) is 0.283. The second-order valence-electron chi connectivity index (χ2n) is 0.863. The zero-order chi connectivity index (χ0) is 6.62. The maximum atomic E-state index is 9.62. The summed E-state index contributed by atoms with van der Waals surface area (Å²) in [4.78, 5) is 0. The molecule has 0 aliphatic heterocycles. The molecule has 8 heavy (non-hydrogen) atoms. The Hall–Kier alpha value is -0.730. The molecular formula is C3H4O4S. The van der Waals surface area contributed by atoms with Crippen LogP contribution in [0.3, 0.4) is 0 Å². The summed E-state index contributed by atoms with van der Waals surface area (Å²) in [6, 6.07) is 0. The summed E-state index contributed by atoms with van der Waals surface area (Å²) >= 11 is 0. The molecule has 0 rings (SSSR count). The Kier molecular flexibility index (Phi) is 2.31. The molecule has 0 aliphatic rings. The Labute approximate surface area is 47.4 Å². The monoisotopic (exact) mass is 136 g/mol. The highest BCUT2D eigenvalue weighted by molar-refractivity contribution is 7.81.